The number of unbranched alkanes of at least 4 members (excludes halogenated alkanes) is 1. The Morgan fingerprint density at radius 3 is 2.87 bits per heavy atom. The minimum atomic E-state index is 0.268. The van der Waals surface area contributed by atoms with E-state index in [4.69, 9.17) is 22.7 Å². The van der Waals surface area contributed by atoms with Gasteiger partial charge in [0.15, 0.2) is 0 Å². The molecular weight excluding hydrogens is 212 g/mol. The SMILES string of the molecule is CCCCn1nnc(C(N)=S)c1COC. The molecular formula is C9H16N4OS. The van der Waals surface area contributed by atoms with Gasteiger partial charge in [0.05, 0.1) is 12.3 Å². The lowest BCUT2D eigenvalue weighted by Crippen LogP contribution is -2.14. The molecule has 0 saturated carbocycles. The Balaban J connectivity index is 2.90. The molecule has 0 aliphatic carbocycles. The number of aryl methyl sites for hydroxylation is 1. The van der Waals surface area contributed by atoms with Crippen LogP contribution < -0.4 is 5.73 Å². The maximum absolute atomic E-state index is 5.55. The van der Waals surface area contributed by atoms with E-state index >= 15 is 0 Å². The standard InChI is InChI=1S/C9H16N4OS/c1-3-4-5-13-7(6-14-2)8(9(10)15)11-12-13/h3-6H2,1-2H3,(H2,10,15). The van der Waals surface area contributed by atoms with Crippen LogP contribution in [0.4, 0.5) is 0 Å². The zero-order valence-corrected chi connectivity index (χ0v) is 9.88. The molecule has 1 aromatic heterocycles. The van der Waals surface area contributed by atoms with Crippen LogP contribution in [0.2, 0.25) is 0 Å². The fourth-order valence-electron chi connectivity index (χ4n) is 1.29. The quantitative estimate of drug-likeness (QED) is 0.731. The second-order valence-corrected chi connectivity index (χ2v) is 3.70. The molecule has 0 radical (unpaired) electrons. The molecule has 1 heterocycles. The maximum Gasteiger partial charge on any atom is 0.145 e. The molecule has 5 nitrogen and oxygen atoms in total. The lowest BCUT2D eigenvalue weighted by Gasteiger charge is -2.05. The summed E-state index contributed by atoms with van der Waals surface area (Å²) in [7, 11) is 1.63. The Morgan fingerprint density at radius 2 is 2.33 bits per heavy atom. The summed E-state index contributed by atoms with van der Waals surface area (Å²) >= 11 is 4.90. The zero-order chi connectivity index (χ0) is 11.3. The molecule has 6 heteroatoms. The highest BCUT2D eigenvalue weighted by Crippen LogP contribution is 2.08. The van der Waals surface area contributed by atoms with E-state index in [0.29, 0.717) is 12.3 Å². The fraction of sp³-hybridized carbons (Fsp3) is 0.667. The van der Waals surface area contributed by atoms with Crippen molar-refractivity contribution in [1.82, 2.24) is 15.0 Å². The molecule has 0 aliphatic heterocycles. The summed E-state index contributed by atoms with van der Waals surface area (Å²) in [6, 6.07) is 0. The first-order chi connectivity index (χ1) is 7.20. The molecule has 2 N–H and O–H groups in total. The van der Waals surface area contributed by atoms with Gasteiger partial charge in [-0.05, 0) is 6.42 Å². The number of hydrogen-bond donors (Lipinski definition) is 1. The maximum atomic E-state index is 5.55. The van der Waals surface area contributed by atoms with Crippen molar-refractivity contribution in [3.63, 3.8) is 0 Å². The fourth-order valence-corrected chi connectivity index (χ4v) is 1.45. The third-order valence-electron chi connectivity index (χ3n) is 2.08. The van der Waals surface area contributed by atoms with Gasteiger partial charge < -0.3 is 10.5 Å². The molecule has 15 heavy (non-hydrogen) atoms. The lowest BCUT2D eigenvalue weighted by atomic mass is 10.3. The molecule has 0 unspecified atom stereocenters. The largest absolute Gasteiger partial charge is 0.388 e. The highest BCUT2D eigenvalue weighted by Gasteiger charge is 2.14. The normalized spacial score (nSPS) is 10.5. The molecule has 0 bridgehead atoms. The molecule has 0 aliphatic rings. The Labute approximate surface area is 94.6 Å². The van der Waals surface area contributed by atoms with Gasteiger partial charge >= 0.3 is 0 Å². The molecule has 0 fully saturated rings. The summed E-state index contributed by atoms with van der Waals surface area (Å²) in [5.41, 5.74) is 6.98. The van der Waals surface area contributed by atoms with Gasteiger partial charge in [0.1, 0.15) is 10.7 Å². The summed E-state index contributed by atoms with van der Waals surface area (Å²) in [5, 5.41) is 7.97. The Morgan fingerprint density at radius 1 is 1.60 bits per heavy atom. The van der Waals surface area contributed by atoms with E-state index in [9.17, 15) is 0 Å². The van der Waals surface area contributed by atoms with Crippen LogP contribution in [0.15, 0.2) is 0 Å². The highest BCUT2D eigenvalue weighted by molar-refractivity contribution is 7.80. The van der Waals surface area contributed by atoms with Crippen LogP contribution in [0.1, 0.15) is 31.2 Å². The van der Waals surface area contributed by atoms with Crippen LogP contribution >= 0.6 is 12.2 Å². The smallest absolute Gasteiger partial charge is 0.145 e. The molecule has 1 aromatic rings. The first kappa shape index (κ1) is 12.1. The summed E-state index contributed by atoms with van der Waals surface area (Å²) in [5.74, 6) is 0. The molecule has 0 amide bonds. The third-order valence-corrected chi connectivity index (χ3v) is 2.27. The monoisotopic (exact) mass is 228 g/mol. The highest BCUT2D eigenvalue weighted by atomic mass is 32.1. The van der Waals surface area contributed by atoms with E-state index in [0.717, 1.165) is 25.1 Å². The van der Waals surface area contributed by atoms with Crippen molar-refractivity contribution in [1.29, 1.82) is 0 Å². The zero-order valence-electron chi connectivity index (χ0n) is 9.06. The first-order valence-electron chi connectivity index (χ1n) is 4.91. The predicted molar refractivity (Wildman–Crippen MR) is 61.5 cm³/mol. The third kappa shape index (κ3) is 2.97. The molecule has 1 rings (SSSR count). The van der Waals surface area contributed by atoms with E-state index < -0.39 is 0 Å². The van der Waals surface area contributed by atoms with Crippen LogP contribution in [0.3, 0.4) is 0 Å². The topological polar surface area (TPSA) is 66.0 Å². The van der Waals surface area contributed by atoms with Crippen molar-refractivity contribution < 1.29 is 4.74 Å². The lowest BCUT2D eigenvalue weighted by molar-refractivity contribution is 0.176. The van der Waals surface area contributed by atoms with E-state index in [2.05, 4.69) is 17.2 Å². The van der Waals surface area contributed by atoms with Crippen LogP contribution in [0.25, 0.3) is 0 Å². The predicted octanol–water partition coefficient (Wildman–Crippen LogP) is 0.859. The van der Waals surface area contributed by atoms with Gasteiger partial charge in [-0.25, -0.2) is 4.68 Å². The number of ether oxygens (including phenoxy) is 1. The second-order valence-electron chi connectivity index (χ2n) is 3.26. The minimum absolute atomic E-state index is 0.268. The average molecular weight is 228 g/mol. The first-order valence-corrected chi connectivity index (χ1v) is 5.32. The van der Waals surface area contributed by atoms with Crippen LogP contribution in [0.5, 0.6) is 0 Å². The second kappa shape index (κ2) is 5.77. The molecule has 84 valence electrons. The number of thiocarbonyl (C=S) groups is 1. The van der Waals surface area contributed by atoms with Crippen LogP contribution in [-0.2, 0) is 17.9 Å². The summed E-state index contributed by atoms with van der Waals surface area (Å²) in [6.45, 7) is 3.38. The van der Waals surface area contributed by atoms with Crippen molar-refractivity contribution in [3.05, 3.63) is 11.4 Å². The van der Waals surface area contributed by atoms with Crippen molar-refractivity contribution >= 4 is 17.2 Å². The van der Waals surface area contributed by atoms with Gasteiger partial charge in [0.25, 0.3) is 0 Å². The van der Waals surface area contributed by atoms with Gasteiger partial charge in [-0.15, -0.1) is 5.10 Å². The number of methoxy groups -OCH3 is 1. The summed E-state index contributed by atoms with van der Waals surface area (Å²) in [6.07, 6.45) is 2.16. The van der Waals surface area contributed by atoms with E-state index in [1.54, 1.807) is 7.11 Å². The number of hydrogen-bond acceptors (Lipinski definition) is 4. The van der Waals surface area contributed by atoms with Crippen molar-refractivity contribution in [2.45, 2.75) is 32.9 Å². The summed E-state index contributed by atoms with van der Waals surface area (Å²) in [4.78, 5) is 0.268. The number of nitrogens with two attached hydrogens (primary N) is 1. The van der Waals surface area contributed by atoms with Crippen molar-refractivity contribution in [3.8, 4) is 0 Å². The molecule has 0 spiro atoms. The Bertz CT molecular complexity index is 337. The molecule has 0 atom stereocenters. The van der Waals surface area contributed by atoms with Crippen LogP contribution in [0, 0.1) is 0 Å². The van der Waals surface area contributed by atoms with Gasteiger partial charge in [0.2, 0.25) is 0 Å². The average Bonchev–Trinajstić information content (AvgIpc) is 2.59. The number of aromatic nitrogens is 3. The Hall–Kier alpha value is -1.01. The minimum Gasteiger partial charge on any atom is -0.388 e. The van der Waals surface area contributed by atoms with Gasteiger partial charge in [-0.1, -0.05) is 30.8 Å². The van der Waals surface area contributed by atoms with Crippen molar-refractivity contribution in [2.75, 3.05) is 7.11 Å². The van der Waals surface area contributed by atoms with Crippen molar-refractivity contribution in [2.24, 2.45) is 5.73 Å². The van der Waals surface area contributed by atoms with E-state index in [1.165, 1.54) is 0 Å². The van der Waals surface area contributed by atoms with Gasteiger partial charge in [-0.3, -0.25) is 0 Å². The Kier molecular flexibility index (Phi) is 4.64. The van der Waals surface area contributed by atoms with E-state index in [-0.39, 0.29) is 4.99 Å². The number of nitrogens with zero attached hydrogens (tertiary/aromatic N) is 3. The van der Waals surface area contributed by atoms with E-state index in [1.807, 2.05) is 4.68 Å². The van der Waals surface area contributed by atoms with Gasteiger partial charge in [0, 0.05) is 13.7 Å². The molecule has 0 aromatic carbocycles. The summed E-state index contributed by atoms with van der Waals surface area (Å²) < 4.78 is 6.89. The van der Waals surface area contributed by atoms with Crippen LogP contribution in [-0.4, -0.2) is 27.1 Å². The molecule has 0 saturated heterocycles. The van der Waals surface area contributed by atoms with Gasteiger partial charge in [-0.2, -0.15) is 0 Å². The number of rotatable bonds is 6.